The van der Waals surface area contributed by atoms with Crippen molar-refractivity contribution in [1.82, 2.24) is 4.90 Å². The Balaban J connectivity index is 2.18. The van der Waals surface area contributed by atoms with Crippen LogP contribution < -0.4 is 0 Å². The molecule has 124 valence electrons. The highest BCUT2D eigenvalue weighted by molar-refractivity contribution is 6.34. The molecule has 3 atom stereocenters. The Bertz CT molecular complexity index is 643. The van der Waals surface area contributed by atoms with Gasteiger partial charge in [-0.25, -0.2) is 0 Å². The van der Waals surface area contributed by atoms with Gasteiger partial charge < -0.3 is 9.64 Å². The number of benzene rings is 1. The standard InChI is InChI=1S/C17H19Cl2NO3/c1-20-14(10-7-11(18)9-12(19)8-10)17(16(22)23-2)6-4-3-5-13(17)15(20)21/h7-9,13-14H,3-6H2,1-2H3. The maximum absolute atomic E-state index is 12.8. The van der Waals surface area contributed by atoms with E-state index in [1.165, 1.54) is 7.11 Å². The van der Waals surface area contributed by atoms with Gasteiger partial charge >= 0.3 is 5.97 Å². The molecule has 0 bridgehead atoms. The molecule has 2 fully saturated rings. The summed E-state index contributed by atoms with van der Waals surface area (Å²) in [6, 6.07) is 4.81. The van der Waals surface area contributed by atoms with Crippen molar-refractivity contribution in [3.63, 3.8) is 0 Å². The molecule has 1 saturated carbocycles. The van der Waals surface area contributed by atoms with Crippen molar-refractivity contribution in [2.75, 3.05) is 14.2 Å². The minimum Gasteiger partial charge on any atom is -0.469 e. The first-order valence-electron chi connectivity index (χ1n) is 7.73. The highest BCUT2D eigenvalue weighted by Crippen LogP contribution is 2.58. The predicted octanol–water partition coefficient (Wildman–Crippen LogP) is 3.86. The summed E-state index contributed by atoms with van der Waals surface area (Å²) >= 11 is 12.3. The summed E-state index contributed by atoms with van der Waals surface area (Å²) in [6.07, 6.45) is 3.20. The van der Waals surface area contributed by atoms with E-state index in [-0.39, 0.29) is 17.8 Å². The Hall–Kier alpha value is -1.26. The van der Waals surface area contributed by atoms with E-state index in [1.54, 1.807) is 30.1 Å². The Morgan fingerprint density at radius 3 is 2.52 bits per heavy atom. The van der Waals surface area contributed by atoms with Crippen molar-refractivity contribution in [1.29, 1.82) is 0 Å². The van der Waals surface area contributed by atoms with E-state index < -0.39 is 11.5 Å². The number of esters is 1. The zero-order valence-corrected chi connectivity index (χ0v) is 14.7. The van der Waals surface area contributed by atoms with Gasteiger partial charge in [-0.05, 0) is 36.6 Å². The lowest BCUT2D eigenvalue weighted by Gasteiger charge is -2.39. The average Bonchev–Trinajstić information content (AvgIpc) is 2.75. The molecule has 6 heteroatoms. The number of likely N-dealkylation sites (tertiary alicyclic amines) is 1. The molecule has 3 rings (SSSR count). The molecule has 2 aliphatic rings. The lowest BCUT2D eigenvalue weighted by Crippen LogP contribution is -2.44. The number of rotatable bonds is 2. The van der Waals surface area contributed by atoms with Gasteiger partial charge in [0, 0.05) is 17.1 Å². The molecule has 0 aromatic heterocycles. The minimum absolute atomic E-state index is 0.00352. The zero-order valence-electron chi connectivity index (χ0n) is 13.1. The Morgan fingerprint density at radius 2 is 1.91 bits per heavy atom. The van der Waals surface area contributed by atoms with E-state index in [0.717, 1.165) is 18.4 Å². The van der Waals surface area contributed by atoms with Crippen molar-refractivity contribution >= 4 is 35.1 Å². The van der Waals surface area contributed by atoms with Gasteiger partial charge in [0.15, 0.2) is 0 Å². The Kier molecular flexibility index (Phi) is 4.32. The van der Waals surface area contributed by atoms with Crippen LogP contribution in [-0.2, 0) is 14.3 Å². The van der Waals surface area contributed by atoms with E-state index in [1.807, 2.05) is 0 Å². The first kappa shape index (κ1) is 16.6. The van der Waals surface area contributed by atoms with Crippen LogP contribution in [0.3, 0.4) is 0 Å². The number of halogens is 2. The second-order valence-electron chi connectivity index (χ2n) is 6.38. The maximum Gasteiger partial charge on any atom is 0.315 e. The number of nitrogens with zero attached hydrogens (tertiary/aromatic N) is 1. The second kappa shape index (κ2) is 5.99. The van der Waals surface area contributed by atoms with Crippen LogP contribution in [0, 0.1) is 11.3 Å². The third kappa shape index (κ3) is 2.43. The number of carbonyl (C=O) groups is 2. The summed E-state index contributed by atoms with van der Waals surface area (Å²) in [5, 5.41) is 0.986. The molecule has 0 radical (unpaired) electrons. The third-order valence-electron chi connectivity index (χ3n) is 5.24. The summed E-state index contributed by atoms with van der Waals surface area (Å²) in [7, 11) is 3.12. The third-order valence-corrected chi connectivity index (χ3v) is 5.68. The highest BCUT2D eigenvalue weighted by atomic mass is 35.5. The van der Waals surface area contributed by atoms with Crippen LogP contribution in [0.1, 0.15) is 37.3 Å². The largest absolute Gasteiger partial charge is 0.469 e. The molecule has 1 amide bonds. The van der Waals surface area contributed by atoms with Crippen molar-refractivity contribution in [3.8, 4) is 0 Å². The van der Waals surface area contributed by atoms with Gasteiger partial charge in [-0.15, -0.1) is 0 Å². The lowest BCUT2D eigenvalue weighted by molar-refractivity contribution is -0.160. The molecular formula is C17H19Cl2NO3. The summed E-state index contributed by atoms with van der Waals surface area (Å²) in [5.74, 6) is -0.659. The van der Waals surface area contributed by atoms with Gasteiger partial charge in [0.25, 0.3) is 0 Å². The molecule has 1 heterocycles. The van der Waals surface area contributed by atoms with E-state index >= 15 is 0 Å². The van der Waals surface area contributed by atoms with E-state index in [4.69, 9.17) is 27.9 Å². The number of methoxy groups -OCH3 is 1. The number of carbonyl (C=O) groups excluding carboxylic acids is 2. The molecule has 4 nitrogen and oxygen atoms in total. The maximum atomic E-state index is 12.8. The van der Waals surface area contributed by atoms with Crippen LogP contribution in [0.15, 0.2) is 18.2 Å². The smallest absolute Gasteiger partial charge is 0.315 e. The first-order valence-corrected chi connectivity index (χ1v) is 8.48. The fourth-order valence-corrected chi connectivity index (χ4v) is 4.93. The van der Waals surface area contributed by atoms with Crippen molar-refractivity contribution in [2.24, 2.45) is 11.3 Å². The quantitative estimate of drug-likeness (QED) is 0.756. The van der Waals surface area contributed by atoms with Crippen LogP contribution in [0.4, 0.5) is 0 Å². The van der Waals surface area contributed by atoms with Gasteiger partial charge in [-0.3, -0.25) is 9.59 Å². The summed E-state index contributed by atoms with van der Waals surface area (Å²) < 4.78 is 5.12. The summed E-state index contributed by atoms with van der Waals surface area (Å²) in [4.78, 5) is 27.2. The number of hydrogen-bond donors (Lipinski definition) is 0. The van der Waals surface area contributed by atoms with Crippen LogP contribution in [0.2, 0.25) is 10.0 Å². The number of fused-ring (bicyclic) bond motifs is 1. The number of hydrogen-bond acceptors (Lipinski definition) is 3. The minimum atomic E-state index is -0.854. The van der Waals surface area contributed by atoms with Crippen molar-refractivity contribution in [2.45, 2.75) is 31.7 Å². The molecule has 1 aliphatic heterocycles. The van der Waals surface area contributed by atoms with Crippen molar-refractivity contribution < 1.29 is 14.3 Å². The highest BCUT2D eigenvalue weighted by Gasteiger charge is 2.63. The van der Waals surface area contributed by atoms with Gasteiger partial charge in [0.2, 0.25) is 5.91 Å². The van der Waals surface area contributed by atoms with Crippen LogP contribution in [-0.4, -0.2) is 30.9 Å². The first-order chi connectivity index (χ1) is 10.9. The normalized spacial score (nSPS) is 30.3. The SMILES string of the molecule is COC(=O)C12CCCCC1C(=O)N(C)C2c1cc(Cl)cc(Cl)c1. The van der Waals surface area contributed by atoms with E-state index in [9.17, 15) is 9.59 Å². The van der Waals surface area contributed by atoms with Crippen LogP contribution >= 0.6 is 23.2 Å². The molecule has 1 aromatic rings. The Morgan fingerprint density at radius 1 is 1.26 bits per heavy atom. The van der Waals surface area contributed by atoms with E-state index in [0.29, 0.717) is 22.9 Å². The molecular weight excluding hydrogens is 337 g/mol. The lowest BCUT2D eigenvalue weighted by atomic mass is 9.63. The van der Waals surface area contributed by atoms with Crippen molar-refractivity contribution in [3.05, 3.63) is 33.8 Å². The van der Waals surface area contributed by atoms with Gasteiger partial charge in [-0.1, -0.05) is 36.0 Å². The fraction of sp³-hybridized carbons (Fsp3) is 0.529. The molecule has 1 saturated heterocycles. The fourth-order valence-electron chi connectivity index (χ4n) is 4.39. The zero-order chi connectivity index (χ0) is 16.8. The second-order valence-corrected chi connectivity index (χ2v) is 7.26. The van der Waals surface area contributed by atoms with Gasteiger partial charge in [0.05, 0.1) is 19.1 Å². The molecule has 23 heavy (non-hydrogen) atoms. The molecule has 0 N–H and O–H groups in total. The van der Waals surface area contributed by atoms with Gasteiger partial charge in [0.1, 0.15) is 5.41 Å². The summed E-state index contributed by atoms with van der Waals surface area (Å²) in [5.41, 5.74) is -0.0690. The summed E-state index contributed by atoms with van der Waals surface area (Å²) in [6.45, 7) is 0. The average molecular weight is 356 g/mol. The topological polar surface area (TPSA) is 46.6 Å². The molecule has 3 unspecified atom stereocenters. The number of ether oxygens (including phenoxy) is 1. The molecule has 1 aliphatic carbocycles. The molecule has 0 spiro atoms. The Labute approximate surface area is 145 Å². The van der Waals surface area contributed by atoms with Crippen LogP contribution in [0.25, 0.3) is 0 Å². The number of amides is 1. The monoisotopic (exact) mass is 355 g/mol. The van der Waals surface area contributed by atoms with E-state index in [2.05, 4.69) is 0 Å². The van der Waals surface area contributed by atoms with Gasteiger partial charge in [-0.2, -0.15) is 0 Å². The molecule has 1 aromatic carbocycles. The predicted molar refractivity (Wildman–Crippen MR) is 88.4 cm³/mol. The van der Waals surface area contributed by atoms with Crippen LogP contribution in [0.5, 0.6) is 0 Å².